The molecule has 0 spiro atoms. The Kier molecular flexibility index (Phi) is 4.92. The van der Waals surface area contributed by atoms with Crippen molar-refractivity contribution in [2.45, 2.75) is 0 Å². The first-order chi connectivity index (χ1) is 12.3. The molecule has 0 fully saturated rings. The van der Waals surface area contributed by atoms with Gasteiger partial charge in [0.2, 0.25) is 0 Å². The highest BCUT2D eigenvalue weighted by Crippen LogP contribution is 2.08. The normalized spacial score (nSPS) is 10.0. The molecular weight excluding hydrogens is 320 g/mol. The van der Waals surface area contributed by atoms with Crippen molar-refractivity contribution in [3.63, 3.8) is 0 Å². The van der Waals surface area contributed by atoms with E-state index >= 15 is 0 Å². The van der Waals surface area contributed by atoms with Crippen molar-refractivity contribution in [2.24, 2.45) is 0 Å². The van der Waals surface area contributed by atoms with E-state index in [0.29, 0.717) is 35.9 Å². The van der Waals surface area contributed by atoms with Crippen LogP contribution in [0.4, 0.5) is 5.82 Å². The molecular formula is C16H14N8O. The number of anilines is 1. The van der Waals surface area contributed by atoms with Gasteiger partial charge in [-0.05, 0) is 24.3 Å². The van der Waals surface area contributed by atoms with Gasteiger partial charge in [-0.2, -0.15) is 10.4 Å². The summed E-state index contributed by atoms with van der Waals surface area (Å²) in [5.74, 6) is 0.777. The first-order valence-electron chi connectivity index (χ1n) is 7.46. The summed E-state index contributed by atoms with van der Waals surface area (Å²) in [4.78, 5) is 24.3. The molecule has 3 rings (SSSR count). The smallest absolute Gasteiger partial charge is 0.251 e. The summed E-state index contributed by atoms with van der Waals surface area (Å²) in [5.41, 5.74) is 0.927. The van der Waals surface area contributed by atoms with E-state index in [0.717, 1.165) is 0 Å². The number of rotatable bonds is 6. The van der Waals surface area contributed by atoms with E-state index < -0.39 is 0 Å². The fraction of sp³-hybridized carbons (Fsp3) is 0.125. The number of hydrogen-bond donors (Lipinski definition) is 2. The summed E-state index contributed by atoms with van der Waals surface area (Å²) >= 11 is 0. The van der Waals surface area contributed by atoms with Crippen molar-refractivity contribution in [2.75, 3.05) is 18.4 Å². The van der Waals surface area contributed by atoms with Gasteiger partial charge in [-0.15, -0.1) is 0 Å². The number of nitrogens with one attached hydrogen (secondary N) is 2. The number of hydrogen-bond acceptors (Lipinski definition) is 7. The van der Waals surface area contributed by atoms with Crippen molar-refractivity contribution in [1.29, 1.82) is 5.26 Å². The highest BCUT2D eigenvalue weighted by atomic mass is 16.1. The zero-order valence-electron chi connectivity index (χ0n) is 13.1. The average Bonchev–Trinajstić information content (AvgIpc) is 3.20. The molecule has 0 aliphatic carbocycles. The third kappa shape index (κ3) is 3.94. The van der Waals surface area contributed by atoms with Crippen molar-refractivity contribution < 1.29 is 4.79 Å². The molecule has 0 aliphatic rings. The van der Waals surface area contributed by atoms with Gasteiger partial charge in [-0.1, -0.05) is 0 Å². The van der Waals surface area contributed by atoms with Crippen LogP contribution in [-0.4, -0.2) is 43.7 Å². The number of aromatic nitrogens is 5. The molecule has 9 heteroatoms. The lowest BCUT2D eigenvalue weighted by Crippen LogP contribution is -2.29. The number of carbonyl (C=O) groups is 1. The Hall–Kier alpha value is -3.80. The number of nitrogens with zero attached hydrogens (tertiary/aromatic N) is 6. The van der Waals surface area contributed by atoms with Crippen LogP contribution in [0.5, 0.6) is 0 Å². The molecule has 0 aliphatic heterocycles. The Morgan fingerprint density at radius 1 is 1.24 bits per heavy atom. The van der Waals surface area contributed by atoms with Gasteiger partial charge in [0.15, 0.2) is 5.82 Å². The zero-order chi connectivity index (χ0) is 17.5. The minimum atomic E-state index is -0.230. The van der Waals surface area contributed by atoms with Crippen molar-refractivity contribution in [3.8, 4) is 11.9 Å². The number of amides is 1. The minimum Gasteiger partial charge on any atom is -0.367 e. The molecule has 0 saturated carbocycles. The highest BCUT2D eigenvalue weighted by Gasteiger charge is 2.08. The second-order valence-electron chi connectivity index (χ2n) is 4.94. The van der Waals surface area contributed by atoms with Gasteiger partial charge >= 0.3 is 0 Å². The van der Waals surface area contributed by atoms with Crippen molar-refractivity contribution in [3.05, 3.63) is 60.4 Å². The number of pyridine rings is 2. The minimum absolute atomic E-state index is 0.230. The second-order valence-corrected chi connectivity index (χ2v) is 4.94. The summed E-state index contributed by atoms with van der Waals surface area (Å²) in [6, 6.07) is 8.68. The van der Waals surface area contributed by atoms with Crippen LogP contribution >= 0.6 is 0 Å². The Morgan fingerprint density at radius 2 is 2.16 bits per heavy atom. The molecule has 0 aromatic carbocycles. The molecule has 0 radical (unpaired) electrons. The molecule has 3 heterocycles. The van der Waals surface area contributed by atoms with Crippen molar-refractivity contribution in [1.82, 2.24) is 30.0 Å². The fourth-order valence-electron chi connectivity index (χ4n) is 2.11. The molecule has 0 saturated heterocycles. The maximum Gasteiger partial charge on any atom is 0.251 e. The van der Waals surface area contributed by atoms with Gasteiger partial charge in [-0.25, -0.2) is 19.6 Å². The van der Waals surface area contributed by atoms with E-state index in [1.165, 1.54) is 23.5 Å². The molecule has 0 atom stereocenters. The van der Waals surface area contributed by atoms with Gasteiger partial charge in [0.25, 0.3) is 5.91 Å². The third-order valence-corrected chi connectivity index (χ3v) is 3.29. The van der Waals surface area contributed by atoms with Gasteiger partial charge in [0.05, 0.1) is 5.56 Å². The summed E-state index contributed by atoms with van der Waals surface area (Å²) < 4.78 is 1.48. The van der Waals surface area contributed by atoms with Crippen LogP contribution in [-0.2, 0) is 0 Å². The molecule has 0 bridgehead atoms. The largest absolute Gasteiger partial charge is 0.367 e. The predicted octanol–water partition coefficient (Wildman–Crippen LogP) is 0.771. The predicted molar refractivity (Wildman–Crippen MR) is 88.9 cm³/mol. The molecule has 3 aromatic rings. The third-order valence-electron chi connectivity index (χ3n) is 3.29. The van der Waals surface area contributed by atoms with Gasteiger partial charge in [0, 0.05) is 31.0 Å². The van der Waals surface area contributed by atoms with Gasteiger partial charge < -0.3 is 10.6 Å². The lowest BCUT2D eigenvalue weighted by Gasteiger charge is -2.09. The van der Waals surface area contributed by atoms with E-state index in [1.807, 2.05) is 0 Å². The van der Waals surface area contributed by atoms with Crippen LogP contribution in [0.15, 0.2) is 49.3 Å². The van der Waals surface area contributed by atoms with Crippen LogP contribution in [0, 0.1) is 11.3 Å². The molecule has 124 valence electrons. The molecule has 9 nitrogen and oxygen atoms in total. The van der Waals surface area contributed by atoms with Crippen LogP contribution < -0.4 is 10.6 Å². The molecule has 1 amide bonds. The standard InChI is InChI=1S/C16H14N8O/c17-9-13-2-1-4-20-15(13)21-6-7-22-16(25)12-3-5-19-14(8-12)24-11-18-10-23-24/h1-5,8,10-11H,6-7H2,(H,20,21)(H,22,25). The van der Waals surface area contributed by atoms with E-state index in [-0.39, 0.29) is 5.91 Å². The fourth-order valence-corrected chi connectivity index (χ4v) is 2.11. The Balaban J connectivity index is 1.55. The lowest BCUT2D eigenvalue weighted by atomic mass is 10.2. The molecule has 2 N–H and O–H groups in total. The number of carbonyl (C=O) groups excluding carboxylic acids is 1. The topological polar surface area (TPSA) is 121 Å². The SMILES string of the molecule is N#Cc1cccnc1NCCNC(=O)c1ccnc(-n2cncn2)c1. The first-order valence-corrected chi connectivity index (χ1v) is 7.46. The second kappa shape index (κ2) is 7.65. The summed E-state index contributed by atoms with van der Waals surface area (Å²) in [6.07, 6.45) is 6.04. The van der Waals surface area contributed by atoms with E-state index in [9.17, 15) is 4.79 Å². The summed E-state index contributed by atoms with van der Waals surface area (Å²) in [6.45, 7) is 0.819. The highest BCUT2D eigenvalue weighted by molar-refractivity contribution is 5.94. The first kappa shape index (κ1) is 16.1. The van der Waals surface area contributed by atoms with E-state index in [2.05, 4.69) is 36.8 Å². The van der Waals surface area contributed by atoms with Crippen LogP contribution in [0.1, 0.15) is 15.9 Å². The van der Waals surface area contributed by atoms with Gasteiger partial charge in [0.1, 0.15) is 24.5 Å². The maximum absolute atomic E-state index is 12.2. The van der Waals surface area contributed by atoms with E-state index in [1.54, 1.807) is 30.5 Å². The summed E-state index contributed by atoms with van der Waals surface area (Å²) in [7, 11) is 0. The monoisotopic (exact) mass is 334 g/mol. The maximum atomic E-state index is 12.2. The Bertz CT molecular complexity index is 901. The quantitative estimate of drug-likeness (QED) is 0.639. The van der Waals surface area contributed by atoms with Crippen molar-refractivity contribution >= 4 is 11.7 Å². The van der Waals surface area contributed by atoms with E-state index in [4.69, 9.17) is 5.26 Å². The molecule has 25 heavy (non-hydrogen) atoms. The van der Waals surface area contributed by atoms with Crippen LogP contribution in [0.25, 0.3) is 5.82 Å². The Morgan fingerprint density at radius 3 is 2.96 bits per heavy atom. The molecule has 0 unspecified atom stereocenters. The van der Waals surface area contributed by atoms with Crippen LogP contribution in [0.3, 0.4) is 0 Å². The Labute approximate surface area is 143 Å². The average molecular weight is 334 g/mol. The molecule has 3 aromatic heterocycles. The lowest BCUT2D eigenvalue weighted by molar-refractivity contribution is 0.0955. The summed E-state index contributed by atoms with van der Waals surface area (Å²) in [5, 5.41) is 18.8. The van der Waals surface area contributed by atoms with Gasteiger partial charge in [-0.3, -0.25) is 4.79 Å². The zero-order valence-corrected chi connectivity index (χ0v) is 13.1. The van der Waals surface area contributed by atoms with Crippen LogP contribution in [0.2, 0.25) is 0 Å². The number of nitriles is 1.